The summed E-state index contributed by atoms with van der Waals surface area (Å²) in [7, 11) is 3.23. The van der Waals surface area contributed by atoms with Crippen LogP contribution >= 0.6 is 0 Å². The van der Waals surface area contributed by atoms with Crippen LogP contribution in [0.15, 0.2) is 72.8 Å². The predicted octanol–water partition coefficient (Wildman–Crippen LogP) is 5.35. The number of fused-ring (bicyclic) bond motifs is 1. The number of nitrogens with zero attached hydrogens (tertiary/aromatic N) is 3. The number of aliphatic hydroxyl groups is 2. The number of aliphatic hydroxyl groups excluding tert-OH is 1. The average molecular weight is 558 g/mol. The molecule has 2 aromatic heterocycles. The molecular formula is C32H32FN3O5. The number of benzene rings is 3. The summed E-state index contributed by atoms with van der Waals surface area (Å²) in [5.41, 5.74) is 5.45. The van der Waals surface area contributed by atoms with E-state index in [1.807, 2.05) is 47.9 Å². The SMILES string of the molecule is COCCn1c(Cc2ccc(-c3cccc(OCc4ccc(C)cc4OC)n3)cc2F)nc2ccc(C(O)O)cc21. The van der Waals surface area contributed by atoms with E-state index in [0.29, 0.717) is 52.8 Å². The molecule has 0 aliphatic rings. The summed E-state index contributed by atoms with van der Waals surface area (Å²) in [6, 6.07) is 21.4. The predicted molar refractivity (Wildman–Crippen MR) is 153 cm³/mol. The zero-order valence-electron chi connectivity index (χ0n) is 23.2. The van der Waals surface area contributed by atoms with Crippen molar-refractivity contribution in [2.45, 2.75) is 32.8 Å². The number of aryl methyl sites for hydroxylation is 1. The molecule has 3 aromatic carbocycles. The number of hydrogen-bond donors (Lipinski definition) is 2. The van der Waals surface area contributed by atoms with Crippen LogP contribution in [0.4, 0.5) is 4.39 Å². The molecule has 0 saturated carbocycles. The van der Waals surface area contributed by atoms with Gasteiger partial charge in [-0.15, -0.1) is 0 Å². The van der Waals surface area contributed by atoms with Crippen molar-refractivity contribution >= 4 is 11.0 Å². The third kappa shape index (κ3) is 6.38. The highest BCUT2D eigenvalue weighted by Crippen LogP contribution is 2.27. The molecular weight excluding hydrogens is 525 g/mol. The Balaban J connectivity index is 1.37. The van der Waals surface area contributed by atoms with Gasteiger partial charge in [0.15, 0.2) is 6.29 Å². The van der Waals surface area contributed by atoms with Gasteiger partial charge in [-0.1, -0.05) is 36.4 Å². The largest absolute Gasteiger partial charge is 0.496 e. The second-order valence-electron chi connectivity index (χ2n) is 9.74. The molecule has 2 N–H and O–H groups in total. The number of ether oxygens (including phenoxy) is 3. The molecule has 8 nitrogen and oxygen atoms in total. The smallest absolute Gasteiger partial charge is 0.214 e. The molecule has 0 aliphatic carbocycles. The number of hydrogen-bond acceptors (Lipinski definition) is 7. The van der Waals surface area contributed by atoms with Gasteiger partial charge in [0.1, 0.15) is 24.0 Å². The lowest BCUT2D eigenvalue weighted by Crippen LogP contribution is -2.10. The van der Waals surface area contributed by atoms with E-state index < -0.39 is 6.29 Å². The molecule has 0 amide bonds. The summed E-state index contributed by atoms with van der Waals surface area (Å²) >= 11 is 0. The Labute approximate surface area is 237 Å². The monoisotopic (exact) mass is 557 g/mol. The molecule has 0 fully saturated rings. The minimum Gasteiger partial charge on any atom is -0.496 e. The molecule has 9 heteroatoms. The van der Waals surface area contributed by atoms with Gasteiger partial charge in [0.05, 0.1) is 30.4 Å². The third-order valence-corrected chi connectivity index (χ3v) is 6.91. The number of methoxy groups -OCH3 is 2. The molecule has 0 atom stereocenters. The van der Waals surface area contributed by atoms with Crippen molar-refractivity contribution < 1.29 is 28.8 Å². The highest BCUT2D eigenvalue weighted by Gasteiger charge is 2.16. The van der Waals surface area contributed by atoms with Gasteiger partial charge in [0.25, 0.3) is 0 Å². The lowest BCUT2D eigenvalue weighted by atomic mass is 10.1. The first kappa shape index (κ1) is 28.2. The summed E-state index contributed by atoms with van der Waals surface area (Å²) in [6.45, 7) is 3.20. The van der Waals surface area contributed by atoms with E-state index in [0.717, 1.165) is 22.4 Å². The van der Waals surface area contributed by atoms with Gasteiger partial charge < -0.3 is 29.0 Å². The fourth-order valence-electron chi connectivity index (χ4n) is 4.72. The molecule has 0 unspecified atom stereocenters. The maximum absolute atomic E-state index is 15.4. The molecule has 5 rings (SSSR count). The van der Waals surface area contributed by atoms with E-state index >= 15 is 4.39 Å². The average Bonchev–Trinajstić information content (AvgIpc) is 3.32. The van der Waals surface area contributed by atoms with Gasteiger partial charge in [0.2, 0.25) is 5.88 Å². The maximum Gasteiger partial charge on any atom is 0.214 e. The second kappa shape index (κ2) is 12.5. The summed E-state index contributed by atoms with van der Waals surface area (Å²) in [4.78, 5) is 9.28. The van der Waals surface area contributed by atoms with Crippen molar-refractivity contribution in [3.05, 3.63) is 107 Å². The zero-order valence-corrected chi connectivity index (χ0v) is 23.2. The third-order valence-electron chi connectivity index (χ3n) is 6.91. The molecule has 0 spiro atoms. The Kier molecular flexibility index (Phi) is 8.58. The number of rotatable bonds is 11. The van der Waals surface area contributed by atoms with E-state index in [2.05, 4.69) is 4.98 Å². The van der Waals surface area contributed by atoms with Gasteiger partial charge in [-0.3, -0.25) is 0 Å². The lowest BCUT2D eigenvalue weighted by Gasteiger charge is -2.12. The van der Waals surface area contributed by atoms with Crippen molar-refractivity contribution in [2.24, 2.45) is 0 Å². The summed E-state index contributed by atoms with van der Waals surface area (Å²) in [5, 5.41) is 19.2. The number of imidazole rings is 1. The van der Waals surface area contributed by atoms with Crippen LogP contribution < -0.4 is 9.47 Å². The van der Waals surface area contributed by atoms with Crippen LogP contribution in [0.25, 0.3) is 22.3 Å². The van der Waals surface area contributed by atoms with Gasteiger partial charge in [-0.05, 0) is 48.4 Å². The molecule has 5 aromatic rings. The topological polar surface area (TPSA) is 98.9 Å². The van der Waals surface area contributed by atoms with Gasteiger partial charge in [0, 0.05) is 42.8 Å². The Hall–Kier alpha value is -4.31. The zero-order chi connectivity index (χ0) is 28.9. The lowest BCUT2D eigenvalue weighted by molar-refractivity contribution is -0.0424. The van der Waals surface area contributed by atoms with Crippen LogP contribution in [0, 0.1) is 12.7 Å². The van der Waals surface area contributed by atoms with E-state index in [1.165, 1.54) is 6.07 Å². The molecule has 212 valence electrons. The minimum atomic E-state index is -1.60. The van der Waals surface area contributed by atoms with Crippen molar-refractivity contribution in [1.29, 1.82) is 0 Å². The van der Waals surface area contributed by atoms with Crippen molar-refractivity contribution in [3.63, 3.8) is 0 Å². The van der Waals surface area contributed by atoms with Crippen LogP contribution in [-0.4, -0.2) is 45.6 Å². The Morgan fingerprint density at radius 2 is 1.76 bits per heavy atom. The first-order valence-electron chi connectivity index (χ1n) is 13.2. The number of halogens is 1. The van der Waals surface area contributed by atoms with Gasteiger partial charge in [-0.25, -0.2) is 14.4 Å². The summed E-state index contributed by atoms with van der Waals surface area (Å²) in [5.74, 6) is 1.44. The van der Waals surface area contributed by atoms with Crippen molar-refractivity contribution in [2.75, 3.05) is 20.8 Å². The van der Waals surface area contributed by atoms with Crippen molar-refractivity contribution in [3.8, 4) is 22.9 Å². The molecule has 41 heavy (non-hydrogen) atoms. The Morgan fingerprint density at radius 1 is 0.927 bits per heavy atom. The molecule has 0 bridgehead atoms. The Bertz CT molecular complexity index is 1670. The molecule has 0 aliphatic heterocycles. The normalized spacial score (nSPS) is 11.4. The molecule has 0 radical (unpaired) electrons. The summed E-state index contributed by atoms with van der Waals surface area (Å²) in [6.07, 6.45) is -1.35. The van der Waals surface area contributed by atoms with Crippen LogP contribution in [0.1, 0.15) is 34.4 Å². The first-order valence-corrected chi connectivity index (χ1v) is 13.2. The first-order chi connectivity index (χ1) is 19.9. The van der Waals surface area contributed by atoms with E-state index in [9.17, 15) is 10.2 Å². The standard InChI is InChI=1S/C32H32FN3O5/c1-20-7-8-24(29(15-20)40-3)19-41-31-6-4-5-26(35-31)22-10-9-21(25(33)16-22)18-30-34-27-12-11-23(32(37)38)17-28(27)36(30)13-14-39-2/h4-12,15-17,32,37-38H,13-14,18-19H2,1-3H3. The second-order valence-corrected chi connectivity index (χ2v) is 9.74. The van der Waals surface area contributed by atoms with E-state index in [1.54, 1.807) is 44.6 Å². The quantitative estimate of drug-likeness (QED) is 0.211. The molecule has 0 saturated heterocycles. The van der Waals surface area contributed by atoms with Crippen molar-refractivity contribution in [1.82, 2.24) is 14.5 Å². The van der Waals surface area contributed by atoms with Crippen LogP contribution in [0.3, 0.4) is 0 Å². The Morgan fingerprint density at radius 3 is 2.51 bits per heavy atom. The fraction of sp³-hybridized carbons (Fsp3) is 0.250. The minimum absolute atomic E-state index is 0.247. The van der Waals surface area contributed by atoms with Crippen LogP contribution in [-0.2, 0) is 24.3 Å². The number of aromatic nitrogens is 3. The fourth-order valence-corrected chi connectivity index (χ4v) is 4.72. The van der Waals surface area contributed by atoms with Gasteiger partial charge >= 0.3 is 0 Å². The van der Waals surface area contributed by atoms with E-state index in [4.69, 9.17) is 19.2 Å². The highest BCUT2D eigenvalue weighted by molar-refractivity contribution is 5.77. The summed E-state index contributed by atoms with van der Waals surface area (Å²) < 4.78 is 34.0. The van der Waals surface area contributed by atoms with Crippen LogP contribution in [0.2, 0.25) is 0 Å². The maximum atomic E-state index is 15.4. The molecule has 2 heterocycles. The van der Waals surface area contributed by atoms with Gasteiger partial charge in [-0.2, -0.15) is 0 Å². The highest BCUT2D eigenvalue weighted by atomic mass is 19.1. The number of pyridine rings is 1. The van der Waals surface area contributed by atoms with Crippen LogP contribution in [0.5, 0.6) is 11.6 Å². The van der Waals surface area contributed by atoms with E-state index in [-0.39, 0.29) is 18.8 Å².